The van der Waals surface area contributed by atoms with E-state index in [0.29, 0.717) is 39.0 Å². The van der Waals surface area contributed by atoms with Crippen LogP contribution in [0.3, 0.4) is 0 Å². The minimum absolute atomic E-state index is 0.0167. The van der Waals surface area contributed by atoms with Gasteiger partial charge in [0.05, 0.1) is 48.8 Å². The highest BCUT2D eigenvalue weighted by Crippen LogP contribution is 2.64. The van der Waals surface area contributed by atoms with E-state index in [1.54, 1.807) is 62.8 Å². The molecule has 2 heterocycles. The molecule has 5 aromatic carbocycles. The van der Waals surface area contributed by atoms with E-state index in [9.17, 15) is 23.9 Å². The lowest BCUT2D eigenvalue weighted by Crippen LogP contribution is -2.53. The summed E-state index contributed by atoms with van der Waals surface area (Å²) in [5.41, 5.74) is 5.80. The predicted molar refractivity (Wildman–Crippen MR) is 225 cm³/mol. The second-order valence-corrected chi connectivity index (χ2v) is 15.9. The molecular weight excluding hydrogens is 785 g/mol. The van der Waals surface area contributed by atoms with Crippen LogP contribution in [-0.4, -0.2) is 48.0 Å². The zero-order chi connectivity index (χ0) is 41.9. The summed E-state index contributed by atoms with van der Waals surface area (Å²) in [6.07, 6.45) is 6.11. The van der Waals surface area contributed by atoms with E-state index in [2.05, 4.69) is 5.43 Å². The van der Waals surface area contributed by atoms with E-state index >= 15 is 4.79 Å². The normalized spacial score (nSPS) is 24.6. The number of hydrogen-bond acceptors (Lipinski definition) is 8. The monoisotopic (exact) mass is 823 g/mol. The minimum Gasteiger partial charge on any atom is -0.508 e. The van der Waals surface area contributed by atoms with Gasteiger partial charge < -0.3 is 14.6 Å². The Labute approximate surface area is 350 Å². The number of ether oxygens (including phenoxy) is 2. The number of hydrazine groups is 1. The second-order valence-electron chi connectivity index (χ2n) is 15.5. The molecular formula is C48H39ClFN3O7. The molecule has 60 heavy (non-hydrogen) atoms. The highest BCUT2D eigenvalue weighted by atomic mass is 35.5. The van der Waals surface area contributed by atoms with E-state index in [1.807, 2.05) is 48.6 Å². The standard InChI is InChI=1S/C48H39ClFN3O7/c1-59-36-21-24-41(60-2)29(25-36)6-3-27-4-17-34(18-5-27)52-44(55)38-23-22-37-39(42(38)46(52)57)26-40-45(56)53(51-33-15-13-32(50)14-16-33)47(58)48(40,30-9-11-31(49)12-10-30)43(37)28-7-19-35(54)20-8-28/h3-22,24-25,38-40,42-43,51,54H,23,26H2,1-2H3/t38-,39+,40-,42-,43-,48+/m0/s1. The minimum atomic E-state index is -1.52. The zero-order valence-corrected chi connectivity index (χ0v) is 33.3. The number of halogens is 2. The summed E-state index contributed by atoms with van der Waals surface area (Å²) in [5.74, 6) is -4.70. The molecule has 9 rings (SSSR count). The molecule has 302 valence electrons. The highest BCUT2D eigenvalue weighted by Gasteiger charge is 2.70. The summed E-state index contributed by atoms with van der Waals surface area (Å²) in [5, 5.41) is 11.8. The van der Waals surface area contributed by atoms with Crippen LogP contribution in [0.2, 0.25) is 5.02 Å². The molecule has 2 N–H and O–H groups in total. The summed E-state index contributed by atoms with van der Waals surface area (Å²) in [4.78, 5) is 60.4. The fourth-order valence-corrected chi connectivity index (χ4v) is 9.97. The van der Waals surface area contributed by atoms with E-state index < -0.39 is 52.6 Å². The number of benzene rings is 5. The number of allylic oxidation sites excluding steroid dienone is 2. The van der Waals surface area contributed by atoms with Crippen molar-refractivity contribution in [3.8, 4) is 17.2 Å². The van der Waals surface area contributed by atoms with Gasteiger partial charge in [-0.05, 0) is 114 Å². The fraction of sp³-hybridized carbons (Fsp3) is 0.208. The van der Waals surface area contributed by atoms with Gasteiger partial charge in [-0.15, -0.1) is 0 Å². The van der Waals surface area contributed by atoms with Crippen LogP contribution in [0.1, 0.15) is 41.0 Å². The van der Waals surface area contributed by atoms with Gasteiger partial charge in [-0.1, -0.05) is 71.8 Å². The first-order valence-corrected chi connectivity index (χ1v) is 19.9. The van der Waals surface area contributed by atoms with Crippen LogP contribution in [0.25, 0.3) is 12.2 Å². The molecule has 3 fully saturated rings. The molecule has 0 spiro atoms. The molecule has 12 heteroatoms. The molecule has 0 bridgehead atoms. The molecule has 6 atom stereocenters. The first-order chi connectivity index (χ1) is 29.0. The predicted octanol–water partition coefficient (Wildman–Crippen LogP) is 8.56. The number of nitrogens with zero attached hydrogens (tertiary/aromatic N) is 2. The Hall–Kier alpha value is -6.72. The summed E-state index contributed by atoms with van der Waals surface area (Å²) >= 11 is 6.38. The van der Waals surface area contributed by atoms with Crippen LogP contribution >= 0.6 is 11.6 Å². The van der Waals surface area contributed by atoms with Gasteiger partial charge in [0, 0.05) is 16.5 Å². The van der Waals surface area contributed by atoms with Crippen LogP contribution in [0.4, 0.5) is 15.8 Å². The fourth-order valence-electron chi connectivity index (χ4n) is 9.84. The van der Waals surface area contributed by atoms with Crippen LogP contribution in [0, 0.1) is 29.5 Å². The topological polar surface area (TPSA) is 125 Å². The lowest BCUT2D eigenvalue weighted by atomic mass is 9.49. The van der Waals surface area contributed by atoms with Crippen LogP contribution in [-0.2, 0) is 24.6 Å². The van der Waals surface area contributed by atoms with Crippen molar-refractivity contribution < 1.29 is 38.1 Å². The number of fused-ring (bicyclic) bond motifs is 4. The quantitative estimate of drug-likeness (QED) is 0.0861. The van der Waals surface area contributed by atoms with Gasteiger partial charge in [-0.3, -0.25) is 29.5 Å². The van der Waals surface area contributed by atoms with Gasteiger partial charge >= 0.3 is 0 Å². The number of amides is 4. The molecule has 2 aliphatic carbocycles. The second kappa shape index (κ2) is 15.1. The lowest BCUT2D eigenvalue weighted by Gasteiger charge is -2.50. The van der Waals surface area contributed by atoms with Gasteiger partial charge in [0.15, 0.2) is 0 Å². The zero-order valence-electron chi connectivity index (χ0n) is 32.5. The molecule has 1 saturated carbocycles. The number of rotatable bonds is 9. The number of aromatic hydroxyl groups is 1. The Morgan fingerprint density at radius 1 is 0.800 bits per heavy atom. The van der Waals surface area contributed by atoms with Gasteiger partial charge in [-0.25, -0.2) is 4.39 Å². The third kappa shape index (κ3) is 6.23. The van der Waals surface area contributed by atoms with Gasteiger partial charge in [0.2, 0.25) is 11.8 Å². The first-order valence-electron chi connectivity index (χ1n) is 19.6. The van der Waals surface area contributed by atoms with Crippen molar-refractivity contribution in [1.29, 1.82) is 0 Å². The number of carbonyl (C=O) groups is 4. The Balaban J connectivity index is 1.10. The maximum atomic E-state index is 15.3. The smallest absolute Gasteiger partial charge is 0.260 e. The molecule has 0 aromatic heterocycles. The SMILES string of the molecule is COc1ccc(OC)c(C=Cc2ccc(N3C(=O)[C@H]4[C@H](CC=C5[C@H]4C[C@H]4C(=O)N(Nc6ccc(F)cc6)C(=O)[C@@]4(c4ccc(Cl)cc4)[C@H]5c4ccc(O)cc4)C3=O)cc2)c1. The highest BCUT2D eigenvalue weighted by molar-refractivity contribution is 6.30. The number of carbonyl (C=O) groups excluding carboxylic acids is 4. The summed E-state index contributed by atoms with van der Waals surface area (Å²) in [6.45, 7) is 0. The Morgan fingerprint density at radius 2 is 1.52 bits per heavy atom. The number of phenolic OH excluding ortho intramolecular Hbond substituents is 1. The van der Waals surface area contributed by atoms with E-state index in [-0.39, 0.29) is 30.4 Å². The van der Waals surface area contributed by atoms with Crippen molar-refractivity contribution in [1.82, 2.24) is 5.01 Å². The average molecular weight is 824 g/mol. The Morgan fingerprint density at radius 3 is 2.20 bits per heavy atom. The molecule has 0 unspecified atom stereocenters. The van der Waals surface area contributed by atoms with Crippen molar-refractivity contribution in [2.24, 2.45) is 23.7 Å². The maximum Gasteiger partial charge on any atom is 0.260 e. The molecule has 5 aromatic rings. The number of methoxy groups -OCH3 is 2. The van der Waals surface area contributed by atoms with Crippen molar-refractivity contribution in [3.05, 3.63) is 160 Å². The van der Waals surface area contributed by atoms with E-state index in [1.165, 1.54) is 41.3 Å². The van der Waals surface area contributed by atoms with Crippen molar-refractivity contribution in [2.45, 2.75) is 24.2 Å². The number of nitrogens with one attached hydrogen (secondary N) is 1. The molecule has 2 saturated heterocycles. The summed E-state index contributed by atoms with van der Waals surface area (Å²) in [6, 6.07) is 31.4. The van der Waals surface area contributed by atoms with Crippen molar-refractivity contribution >= 4 is 58.8 Å². The number of phenols is 1. The van der Waals surface area contributed by atoms with Crippen molar-refractivity contribution in [3.63, 3.8) is 0 Å². The van der Waals surface area contributed by atoms with Crippen molar-refractivity contribution in [2.75, 3.05) is 24.5 Å². The van der Waals surface area contributed by atoms with E-state index in [0.717, 1.165) is 21.7 Å². The third-order valence-electron chi connectivity index (χ3n) is 12.5. The number of hydrogen-bond donors (Lipinski definition) is 2. The van der Waals surface area contributed by atoms with Crippen LogP contribution in [0.15, 0.2) is 127 Å². The lowest BCUT2D eigenvalue weighted by molar-refractivity contribution is -0.138. The molecule has 10 nitrogen and oxygen atoms in total. The molecule has 2 aliphatic heterocycles. The molecule has 4 amide bonds. The maximum absolute atomic E-state index is 15.3. The van der Waals surface area contributed by atoms with Gasteiger partial charge in [-0.2, -0.15) is 5.01 Å². The van der Waals surface area contributed by atoms with E-state index in [4.69, 9.17) is 21.1 Å². The number of anilines is 2. The van der Waals surface area contributed by atoms with Crippen LogP contribution in [0.5, 0.6) is 17.2 Å². The largest absolute Gasteiger partial charge is 0.508 e. The van der Waals surface area contributed by atoms with Gasteiger partial charge in [0.25, 0.3) is 11.8 Å². The summed E-state index contributed by atoms with van der Waals surface area (Å²) in [7, 11) is 3.19. The third-order valence-corrected chi connectivity index (χ3v) is 12.8. The Kier molecular flexibility index (Phi) is 9.79. The van der Waals surface area contributed by atoms with Gasteiger partial charge in [0.1, 0.15) is 23.1 Å². The summed E-state index contributed by atoms with van der Waals surface area (Å²) < 4.78 is 24.8. The van der Waals surface area contributed by atoms with Crippen LogP contribution < -0.4 is 19.8 Å². The Bertz CT molecular complexity index is 2600. The first kappa shape index (κ1) is 38.8. The molecule has 0 radical (unpaired) electrons. The average Bonchev–Trinajstić information content (AvgIpc) is 3.64. The molecule has 4 aliphatic rings. The number of imide groups is 2.